The summed E-state index contributed by atoms with van der Waals surface area (Å²) >= 11 is 0. The van der Waals surface area contributed by atoms with Crippen LogP contribution in [-0.4, -0.2) is 0 Å². The van der Waals surface area contributed by atoms with Gasteiger partial charge in [0.1, 0.15) is 18.4 Å². The first-order chi connectivity index (χ1) is 9.24. The Morgan fingerprint density at radius 2 is 1.70 bits per heavy atom. The number of aryl methyl sites for hydroxylation is 2. The standard InChI is InChI=1S/C17H16NO.HI/c1-13-15(16-5-3-4-6-17(16)19-13)8-7-14-9-11-18(2)12-10-14;/h3-12H,1-2H3;1H/q+1;/p-1/b8-7+;. The average molecular weight is 377 g/mol. The number of furan rings is 1. The number of para-hydroxylation sites is 1. The second-order valence-electron chi connectivity index (χ2n) is 4.70. The second-order valence-corrected chi connectivity index (χ2v) is 4.70. The summed E-state index contributed by atoms with van der Waals surface area (Å²) in [6.07, 6.45) is 8.32. The third-order valence-electron chi connectivity index (χ3n) is 3.27. The molecule has 0 amide bonds. The summed E-state index contributed by atoms with van der Waals surface area (Å²) in [4.78, 5) is 0. The summed E-state index contributed by atoms with van der Waals surface area (Å²) in [6.45, 7) is 2.00. The number of hydrogen-bond donors (Lipinski definition) is 0. The minimum Gasteiger partial charge on any atom is -1.00 e. The first-order valence-electron chi connectivity index (χ1n) is 6.35. The van der Waals surface area contributed by atoms with Gasteiger partial charge in [-0.25, -0.2) is 4.57 Å². The lowest BCUT2D eigenvalue weighted by atomic mass is 10.1. The van der Waals surface area contributed by atoms with Crippen LogP contribution in [0.4, 0.5) is 0 Å². The topological polar surface area (TPSA) is 17.0 Å². The van der Waals surface area contributed by atoms with Gasteiger partial charge in [0.15, 0.2) is 12.4 Å². The van der Waals surface area contributed by atoms with Gasteiger partial charge in [0.05, 0.1) is 0 Å². The Labute approximate surface area is 135 Å². The summed E-state index contributed by atoms with van der Waals surface area (Å²) in [7, 11) is 2.02. The molecular formula is C17H16INO. The number of fused-ring (bicyclic) bond motifs is 1. The molecule has 0 aliphatic rings. The molecule has 0 unspecified atom stereocenters. The van der Waals surface area contributed by atoms with E-state index in [-0.39, 0.29) is 24.0 Å². The summed E-state index contributed by atoms with van der Waals surface area (Å²) in [5.41, 5.74) is 3.28. The van der Waals surface area contributed by atoms with Crippen LogP contribution in [0.15, 0.2) is 53.2 Å². The Morgan fingerprint density at radius 3 is 2.45 bits per heavy atom. The molecule has 3 aromatic rings. The van der Waals surface area contributed by atoms with Gasteiger partial charge in [0, 0.05) is 23.1 Å². The van der Waals surface area contributed by atoms with Gasteiger partial charge in [-0.05, 0) is 18.6 Å². The first kappa shape index (κ1) is 14.8. The maximum atomic E-state index is 5.75. The largest absolute Gasteiger partial charge is 1.00 e. The molecule has 0 bridgehead atoms. The van der Waals surface area contributed by atoms with E-state index in [1.165, 1.54) is 5.56 Å². The molecule has 2 aromatic heterocycles. The van der Waals surface area contributed by atoms with Gasteiger partial charge in [-0.15, -0.1) is 0 Å². The number of benzene rings is 1. The molecule has 102 valence electrons. The maximum Gasteiger partial charge on any atom is 0.169 e. The number of nitrogens with zero attached hydrogens (tertiary/aromatic N) is 1. The quantitative estimate of drug-likeness (QED) is 0.476. The molecule has 3 rings (SSSR count). The van der Waals surface area contributed by atoms with Crippen LogP contribution >= 0.6 is 0 Å². The molecule has 1 aromatic carbocycles. The zero-order valence-corrected chi connectivity index (χ0v) is 13.7. The van der Waals surface area contributed by atoms with Crippen molar-refractivity contribution in [2.24, 2.45) is 7.05 Å². The van der Waals surface area contributed by atoms with E-state index < -0.39 is 0 Å². The first-order valence-corrected chi connectivity index (χ1v) is 6.35. The van der Waals surface area contributed by atoms with E-state index in [9.17, 15) is 0 Å². The van der Waals surface area contributed by atoms with Crippen molar-refractivity contribution in [2.75, 3.05) is 0 Å². The fourth-order valence-corrected chi connectivity index (χ4v) is 2.20. The molecule has 0 radical (unpaired) electrons. The Kier molecular flexibility index (Phi) is 4.60. The van der Waals surface area contributed by atoms with E-state index in [1.807, 2.05) is 49.1 Å². The van der Waals surface area contributed by atoms with E-state index in [2.05, 4.69) is 30.4 Å². The van der Waals surface area contributed by atoms with Gasteiger partial charge in [-0.1, -0.05) is 30.4 Å². The van der Waals surface area contributed by atoms with Crippen molar-refractivity contribution in [3.05, 3.63) is 65.7 Å². The van der Waals surface area contributed by atoms with Crippen molar-refractivity contribution in [1.29, 1.82) is 0 Å². The van der Waals surface area contributed by atoms with E-state index in [1.54, 1.807) is 0 Å². The molecule has 3 heteroatoms. The summed E-state index contributed by atoms with van der Waals surface area (Å²) in [6, 6.07) is 12.3. The molecule has 0 saturated carbocycles. The SMILES string of the molecule is Cc1oc2ccccc2c1/C=C/c1cc[n+](C)cc1.[I-]. The molecule has 20 heavy (non-hydrogen) atoms. The Hall–Kier alpha value is -1.62. The predicted octanol–water partition coefficient (Wildman–Crippen LogP) is 0.740. The minimum absolute atomic E-state index is 0. The Bertz CT molecular complexity index is 741. The average Bonchev–Trinajstić information content (AvgIpc) is 2.74. The Morgan fingerprint density at radius 1 is 1.00 bits per heavy atom. The van der Waals surface area contributed by atoms with Crippen LogP contribution in [0.1, 0.15) is 16.9 Å². The molecule has 0 aliphatic carbocycles. The third-order valence-corrected chi connectivity index (χ3v) is 3.27. The van der Waals surface area contributed by atoms with Gasteiger partial charge in [-0.3, -0.25) is 0 Å². The molecule has 0 spiro atoms. The van der Waals surface area contributed by atoms with Crippen LogP contribution in [0, 0.1) is 6.92 Å². The van der Waals surface area contributed by atoms with Gasteiger partial charge in [0.25, 0.3) is 0 Å². The van der Waals surface area contributed by atoms with Crippen LogP contribution in [-0.2, 0) is 7.05 Å². The van der Waals surface area contributed by atoms with Crippen molar-refractivity contribution in [2.45, 2.75) is 6.92 Å². The van der Waals surface area contributed by atoms with Crippen LogP contribution in [0.5, 0.6) is 0 Å². The molecule has 2 heterocycles. The number of halogens is 1. The highest BCUT2D eigenvalue weighted by Crippen LogP contribution is 2.26. The van der Waals surface area contributed by atoms with E-state index in [0.29, 0.717) is 0 Å². The van der Waals surface area contributed by atoms with E-state index in [0.717, 1.165) is 22.3 Å². The monoisotopic (exact) mass is 377 g/mol. The van der Waals surface area contributed by atoms with Crippen LogP contribution in [0.3, 0.4) is 0 Å². The smallest absolute Gasteiger partial charge is 0.169 e. The van der Waals surface area contributed by atoms with Gasteiger partial charge >= 0.3 is 0 Å². The minimum atomic E-state index is 0. The second kappa shape index (κ2) is 6.22. The predicted molar refractivity (Wildman–Crippen MR) is 77.5 cm³/mol. The normalized spacial score (nSPS) is 10.9. The van der Waals surface area contributed by atoms with E-state index in [4.69, 9.17) is 4.42 Å². The summed E-state index contributed by atoms with van der Waals surface area (Å²) in [5, 5.41) is 1.16. The highest BCUT2D eigenvalue weighted by Gasteiger charge is 2.06. The number of pyridine rings is 1. The zero-order valence-electron chi connectivity index (χ0n) is 11.5. The van der Waals surface area contributed by atoms with Crippen LogP contribution < -0.4 is 28.5 Å². The van der Waals surface area contributed by atoms with Crippen molar-refractivity contribution < 1.29 is 33.0 Å². The lowest BCUT2D eigenvalue weighted by molar-refractivity contribution is -0.671. The summed E-state index contributed by atoms with van der Waals surface area (Å²) in [5.74, 6) is 0.957. The fourth-order valence-electron chi connectivity index (χ4n) is 2.20. The molecule has 0 aliphatic heterocycles. The van der Waals surface area contributed by atoms with Gasteiger partial charge in [0.2, 0.25) is 0 Å². The van der Waals surface area contributed by atoms with Gasteiger partial charge < -0.3 is 28.4 Å². The number of hydrogen-bond acceptors (Lipinski definition) is 1. The molecule has 2 nitrogen and oxygen atoms in total. The highest BCUT2D eigenvalue weighted by atomic mass is 127. The lowest BCUT2D eigenvalue weighted by Crippen LogP contribution is -3.00. The molecule has 0 atom stereocenters. The number of aromatic nitrogens is 1. The highest BCUT2D eigenvalue weighted by molar-refractivity contribution is 5.91. The zero-order chi connectivity index (χ0) is 13.2. The molecular weight excluding hydrogens is 361 g/mol. The van der Waals surface area contributed by atoms with Gasteiger partial charge in [-0.2, -0.15) is 0 Å². The van der Waals surface area contributed by atoms with Crippen LogP contribution in [0.25, 0.3) is 23.1 Å². The maximum absolute atomic E-state index is 5.75. The molecule has 0 saturated heterocycles. The Balaban J connectivity index is 0.00000147. The molecule has 0 N–H and O–H groups in total. The lowest BCUT2D eigenvalue weighted by Gasteiger charge is -1.93. The van der Waals surface area contributed by atoms with Crippen LogP contribution in [0.2, 0.25) is 0 Å². The molecule has 0 fully saturated rings. The fraction of sp³-hybridized carbons (Fsp3) is 0.118. The summed E-state index contributed by atoms with van der Waals surface area (Å²) < 4.78 is 7.77. The van der Waals surface area contributed by atoms with E-state index >= 15 is 0 Å². The van der Waals surface area contributed by atoms with Crippen molar-refractivity contribution in [1.82, 2.24) is 0 Å². The van der Waals surface area contributed by atoms with Crippen molar-refractivity contribution in [3.63, 3.8) is 0 Å². The third kappa shape index (κ3) is 2.93. The van der Waals surface area contributed by atoms with Crippen molar-refractivity contribution in [3.8, 4) is 0 Å². The van der Waals surface area contributed by atoms with Crippen molar-refractivity contribution >= 4 is 23.1 Å². The number of rotatable bonds is 2.